The minimum Gasteiger partial charge on any atom is -0.490 e. The molecule has 0 aromatic heterocycles. The van der Waals surface area contributed by atoms with E-state index in [0.29, 0.717) is 55.7 Å². The Morgan fingerprint density at radius 3 is 2.61 bits per heavy atom. The number of morpholine rings is 1. The van der Waals surface area contributed by atoms with E-state index in [4.69, 9.17) is 14.2 Å². The van der Waals surface area contributed by atoms with Crippen LogP contribution in [0, 0.1) is 0 Å². The third-order valence-electron chi connectivity index (χ3n) is 4.39. The van der Waals surface area contributed by atoms with Crippen molar-refractivity contribution in [3.8, 4) is 11.5 Å². The fraction of sp³-hybridized carbons (Fsp3) is 0.318. The number of hydrogen-bond donors (Lipinski definition) is 2. The predicted molar refractivity (Wildman–Crippen MR) is 117 cm³/mol. The second-order valence-electron chi connectivity index (χ2n) is 6.61. The van der Waals surface area contributed by atoms with E-state index in [1.165, 1.54) is 6.21 Å². The van der Waals surface area contributed by atoms with Crippen LogP contribution in [0.1, 0.15) is 12.5 Å². The van der Waals surface area contributed by atoms with Crippen molar-refractivity contribution in [2.75, 3.05) is 44.8 Å². The highest BCUT2D eigenvalue weighted by Crippen LogP contribution is 2.28. The Labute approximate surface area is 181 Å². The molecule has 1 saturated heterocycles. The number of ether oxygens (including phenoxy) is 3. The second-order valence-corrected chi connectivity index (χ2v) is 6.61. The van der Waals surface area contributed by atoms with Gasteiger partial charge in [-0.2, -0.15) is 5.10 Å². The van der Waals surface area contributed by atoms with Crippen LogP contribution in [0.3, 0.4) is 0 Å². The molecule has 2 N–H and O–H groups in total. The van der Waals surface area contributed by atoms with Crippen molar-refractivity contribution in [3.63, 3.8) is 0 Å². The van der Waals surface area contributed by atoms with Gasteiger partial charge in [-0.05, 0) is 42.8 Å². The largest absolute Gasteiger partial charge is 0.490 e. The van der Waals surface area contributed by atoms with E-state index in [1.54, 1.807) is 35.2 Å². The summed E-state index contributed by atoms with van der Waals surface area (Å²) < 4.78 is 16.6. The van der Waals surface area contributed by atoms with E-state index in [-0.39, 0.29) is 12.5 Å². The maximum absolute atomic E-state index is 12.3. The number of carbonyl (C=O) groups is 2. The zero-order valence-electron chi connectivity index (χ0n) is 17.4. The maximum atomic E-state index is 12.3. The number of para-hydroxylation sites is 1. The van der Waals surface area contributed by atoms with Crippen LogP contribution in [0.4, 0.5) is 10.5 Å². The molecular formula is C22H26N4O5. The normalized spacial score (nSPS) is 13.6. The van der Waals surface area contributed by atoms with E-state index in [2.05, 4.69) is 15.8 Å². The monoisotopic (exact) mass is 426 g/mol. The molecule has 9 heteroatoms. The molecule has 164 valence electrons. The summed E-state index contributed by atoms with van der Waals surface area (Å²) in [6.45, 7) is 4.45. The van der Waals surface area contributed by atoms with Crippen molar-refractivity contribution in [1.82, 2.24) is 10.3 Å². The fourth-order valence-corrected chi connectivity index (χ4v) is 2.88. The summed E-state index contributed by atoms with van der Waals surface area (Å²) in [6, 6.07) is 13.8. The number of nitrogens with zero attached hydrogens (tertiary/aromatic N) is 2. The number of amides is 3. The van der Waals surface area contributed by atoms with Crippen molar-refractivity contribution in [3.05, 3.63) is 54.1 Å². The van der Waals surface area contributed by atoms with Crippen LogP contribution in [0.2, 0.25) is 0 Å². The number of hydrazone groups is 1. The maximum Gasteiger partial charge on any atom is 0.339 e. The van der Waals surface area contributed by atoms with E-state index >= 15 is 0 Å². The Morgan fingerprint density at radius 2 is 1.87 bits per heavy atom. The van der Waals surface area contributed by atoms with Gasteiger partial charge in [0.05, 0.1) is 26.0 Å². The number of benzene rings is 2. The molecule has 9 nitrogen and oxygen atoms in total. The van der Waals surface area contributed by atoms with Crippen LogP contribution >= 0.6 is 0 Å². The summed E-state index contributed by atoms with van der Waals surface area (Å²) in [4.78, 5) is 25.9. The number of hydrogen-bond acceptors (Lipinski definition) is 6. The number of rotatable bonds is 8. The van der Waals surface area contributed by atoms with Crippen LogP contribution in [-0.4, -0.2) is 62.6 Å². The molecule has 1 aliphatic heterocycles. The van der Waals surface area contributed by atoms with Crippen molar-refractivity contribution in [2.24, 2.45) is 5.10 Å². The molecule has 0 unspecified atom stereocenters. The molecule has 1 aliphatic rings. The van der Waals surface area contributed by atoms with Crippen LogP contribution in [-0.2, 0) is 9.53 Å². The topological polar surface area (TPSA) is 101 Å². The Balaban J connectivity index is 1.55. The van der Waals surface area contributed by atoms with Gasteiger partial charge in [-0.25, -0.2) is 10.2 Å². The number of urea groups is 1. The first-order valence-corrected chi connectivity index (χ1v) is 10.1. The molecular weight excluding hydrogens is 400 g/mol. The molecule has 0 spiro atoms. The molecule has 3 rings (SSSR count). The molecule has 31 heavy (non-hydrogen) atoms. The lowest BCUT2D eigenvalue weighted by molar-refractivity contribution is -0.137. The molecule has 1 heterocycles. The Bertz CT molecular complexity index is 898. The van der Waals surface area contributed by atoms with Crippen molar-refractivity contribution in [1.29, 1.82) is 0 Å². The summed E-state index contributed by atoms with van der Waals surface area (Å²) in [6.07, 6.45) is 1.50. The Hall–Kier alpha value is -3.59. The van der Waals surface area contributed by atoms with Crippen LogP contribution in [0.15, 0.2) is 53.6 Å². The zero-order valence-corrected chi connectivity index (χ0v) is 17.4. The molecule has 0 saturated carbocycles. The quantitative estimate of drug-likeness (QED) is 0.499. The molecule has 0 bridgehead atoms. The van der Waals surface area contributed by atoms with Crippen molar-refractivity contribution in [2.45, 2.75) is 6.92 Å². The van der Waals surface area contributed by atoms with Crippen molar-refractivity contribution < 1.29 is 23.8 Å². The van der Waals surface area contributed by atoms with E-state index < -0.39 is 6.03 Å². The standard InChI is InChI=1S/C22H26N4O5/c1-2-30-20-14-17(15-23-25-22(28)24-18-6-4-3-5-7-18)8-9-19(20)31-16-21(27)26-10-12-29-13-11-26/h3-9,14-15H,2,10-13,16H2,1H3,(H2,24,25,28)/b23-15+. The van der Waals surface area contributed by atoms with Crippen LogP contribution in [0.5, 0.6) is 11.5 Å². The number of nitrogens with one attached hydrogen (secondary N) is 2. The van der Waals surface area contributed by atoms with Gasteiger partial charge in [0.15, 0.2) is 18.1 Å². The predicted octanol–water partition coefficient (Wildman–Crippen LogP) is 2.48. The molecule has 1 fully saturated rings. The van der Waals surface area contributed by atoms with Gasteiger partial charge in [0.25, 0.3) is 5.91 Å². The average molecular weight is 426 g/mol. The van der Waals surface area contributed by atoms with Gasteiger partial charge in [0.1, 0.15) is 0 Å². The summed E-state index contributed by atoms with van der Waals surface area (Å²) in [5.74, 6) is 0.871. The third kappa shape index (κ3) is 7.00. The summed E-state index contributed by atoms with van der Waals surface area (Å²) in [7, 11) is 0. The second kappa shape index (κ2) is 11.6. The summed E-state index contributed by atoms with van der Waals surface area (Å²) in [5.41, 5.74) is 3.78. The van der Waals surface area contributed by atoms with Gasteiger partial charge in [-0.1, -0.05) is 18.2 Å². The molecule has 0 radical (unpaired) electrons. The first-order chi connectivity index (χ1) is 15.2. The minimum atomic E-state index is -0.450. The van der Waals surface area contributed by atoms with E-state index in [1.807, 2.05) is 25.1 Å². The molecule has 0 aliphatic carbocycles. The van der Waals surface area contributed by atoms with Crippen molar-refractivity contribution >= 4 is 23.8 Å². The minimum absolute atomic E-state index is 0.0747. The number of anilines is 1. The Kier molecular flexibility index (Phi) is 8.24. The highest BCUT2D eigenvalue weighted by Gasteiger charge is 2.18. The molecule has 2 aromatic carbocycles. The average Bonchev–Trinajstić information content (AvgIpc) is 2.80. The SMILES string of the molecule is CCOc1cc(/C=N/NC(=O)Nc2ccccc2)ccc1OCC(=O)N1CCOCC1. The summed E-state index contributed by atoms with van der Waals surface area (Å²) >= 11 is 0. The van der Waals surface area contributed by atoms with E-state index in [9.17, 15) is 9.59 Å². The van der Waals surface area contributed by atoms with Gasteiger partial charge < -0.3 is 24.4 Å². The van der Waals surface area contributed by atoms with Gasteiger partial charge >= 0.3 is 6.03 Å². The highest BCUT2D eigenvalue weighted by atomic mass is 16.5. The van der Waals surface area contributed by atoms with Gasteiger partial charge in [-0.15, -0.1) is 0 Å². The highest BCUT2D eigenvalue weighted by molar-refractivity contribution is 5.90. The van der Waals surface area contributed by atoms with Gasteiger partial charge in [0, 0.05) is 18.8 Å². The molecule has 0 atom stereocenters. The number of carbonyl (C=O) groups excluding carboxylic acids is 2. The smallest absolute Gasteiger partial charge is 0.339 e. The third-order valence-corrected chi connectivity index (χ3v) is 4.39. The fourth-order valence-electron chi connectivity index (χ4n) is 2.88. The van der Waals surface area contributed by atoms with Gasteiger partial charge in [0.2, 0.25) is 0 Å². The van der Waals surface area contributed by atoms with Gasteiger partial charge in [-0.3, -0.25) is 4.79 Å². The van der Waals surface area contributed by atoms with Crippen LogP contribution in [0.25, 0.3) is 0 Å². The molecule has 2 aromatic rings. The zero-order chi connectivity index (χ0) is 21.9. The Morgan fingerprint density at radius 1 is 1.10 bits per heavy atom. The lowest BCUT2D eigenvalue weighted by Crippen LogP contribution is -2.43. The lowest BCUT2D eigenvalue weighted by atomic mass is 10.2. The first-order valence-electron chi connectivity index (χ1n) is 10.1. The lowest BCUT2D eigenvalue weighted by Gasteiger charge is -2.26. The molecule has 3 amide bonds. The van der Waals surface area contributed by atoms with E-state index in [0.717, 1.165) is 0 Å². The van der Waals surface area contributed by atoms with Crippen LogP contribution < -0.4 is 20.2 Å². The first kappa shape index (κ1) is 22.1. The summed E-state index contributed by atoms with van der Waals surface area (Å²) in [5, 5.41) is 6.62.